The van der Waals surface area contributed by atoms with Gasteiger partial charge in [-0.15, -0.1) is 0 Å². The van der Waals surface area contributed by atoms with Crippen molar-refractivity contribution < 1.29 is 4.74 Å². The minimum absolute atomic E-state index is 0.428. The molecule has 0 radical (unpaired) electrons. The molecular formula is C15H23N3O. The molecule has 104 valence electrons. The number of nitrogens with two attached hydrogens (primary N) is 1. The van der Waals surface area contributed by atoms with Crippen molar-refractivity contribution in [2.24, 2.45) is 5.73 Å². The first-order chi connectivity index (χ1) is 9.28. The first-order valence-corrected chi connectivity index (χ1v) is 7.00. The molecule has 1 fully saturated rings. The molecule has 19 heavy (non-hydrogen) atoms. The zero-order valence-electron chi connectivity index (χ0n) is 11.6. The highest BCUT2D eigenvalue weighted by molar-refractivity contribution is 5.21. The average Bonchev–Trinajstić information content (AvgIpc) is 2.40. The molecule has 0 bridgehead atoms. The van der Waals surface area contributed by atoms with E-state index in [2.05, 4.69) is 9.88 Å². The molecular weight excluding hydrogens is 238 g/mol. The highest BCUT2D eigenvalue weighted by Gasteiger charge is 2.11. The van der Waals surface area contributed by atoms with Crippen molar-refractivity contribution in [1.82, 2.24) is 9.88 Å². The molecule has 0 spiro atoms. The van der Waals surface area contributed by atoms with Crippen LogP contribution in [0.2, 0.25) is 0 Å². The van der Waals surface area contributed by atoms with Crippen molar-refractivity contribution in [2.75, 3.05) is 13.1 Å². The number of aromatic nitrogens is 1. The number of likely N-dealkylation sites (tertiary alicyclic amines) is 1. The number of nitrogens with zero attached hydrogens (tertiary/aromatic N) is 2. The molecule has 4 heteroatoms. The third kappa shape index (κ3) is 4.65. The maximum absolute atomic E-state index is 5.79. The van der Waals surface area contributed by atoms with Gasteiger partial charge in [-0.05, 0) is 50.6 Å². The molecule has 1 saturated heterocycles. The summed E-state index contributed by atoms with van der Waals surface area (Å²) in [5.74, 6) is 0.597. The maximum atomic E-state index is 5.79. The van der Waals surface area contributed by atoms with Gasteiger partial charge in [0.05, 0.1) is 0 Å². The van der Waals surface area contributed by atoms with E-state index in [1.807, 2.05) is 25.1 Å². The van der Waals surface area contributed by atoms with E-state index in [4.69, 9.17) is 10.5 Å². The second kappa shape index (κ2) is 7.26. The van der Waals surface area contributed by atoms with Gasteiger partial charge in [0.25, 0.3) is 0 Å². The van der Waals surface area contributed by atoms with E-state index in [0.717, 1.165) is 6.54 Å². The monoisotopic (exact) mass is 261 g/mol. The summed E-state index contributed by atoms with van der Waals surface area (Å²) >= 11 is 0. The van der Waals surface area contributed by atoms with Crippen LogP contribution in [0.3, 0.4) is 0 Å². The van der Waals surface area contributed by atoms with Gasteiger partial charge in [-0.3, -0.25) is 10.6 Å². The third-order valence-electron chi connectivity index (χ3n) is 3.29. The molecule has 1 unspecified atom stereocenters. The molecule has 1 aliphatic heterocycles. The van der Waals surface area contributed by atoms with Crippen molar-refractivity contribution in [2.45, 2.75) is 39.0 Å². The van der Waals surface area contributed by atoms with Gasteiger partial charge in [-0.2, -0.15) is 0 Å². The molecule has 1 atom stereocenters. The van der Waals surface area contributed by atoms with Crippen LogP contribution in [0.25, 0.3) is 0 Å². The number of ether oxygens (including phenoxy) is 1. The minimum atomic E-state index is -0.428. The number of hydrogen-bond acceptors (Lipinski definition) is 4. The van der Waals surface area contributed by atoms with E-state index in [0.29, 0.717) is 5.88 Å². The maximum Gasteiger partial charge on any atom is 0.215 e. The highest BCUT2D eigenvalue weighted by Crippen LogP contribution is 2.16. The van der Waals surface area contributed by atoms with E-state index < -0.39 is 6.23 Å². The number of rotatable bonds is 5. The molecule has 4 nitrogen and oxygen atoms in total. The van der Waals surface area contributed by atoms with Crippen LogP contribution in [0.1, 0.15) is 31.7 Å². The standard InChI is InChI=1S/C15H23N3O/c1-2-6-14(16)19-15-11-13(7-8-17-15)12-18-9-4-3-5-10-18/h2,6-8,11,14H,3-5,9-10,12,16H2,1H3/b6-2-. The van der Waals surface area contributed by atoms with E-state index in [9.17, 15) is 0 Å². The fourth-order valence-corrected chi connectivity index (χ4v) is 2.36. The predicted octanol–water partition coefficient (Wildman–Crippen LogP) is 2.31. The summed E-state index contributed by atoms with van der Waals surface area (Å²) in [6.07, 6.45) is 9.02. The lowest BCUT2D eigenvalue weighted by Crippen LogP contribution is -2.29. The summed E-state index contributed by atoms with van der Waals surface area (Å²) < 4.78 is 5.55. The molecule has 1 aromatic rings. The second-order valence-corrected chi connectivity index (χ2v) is 4.95. The Kier molecular flexibility index (Phi) is 5.36. The lowest BCUT2D eigenvalue weighted by atomic mass is 10.1. The van der Waals surface area contributed by atoms with E-state index in [1.165, 1.54) is 37.9 Å². The molecule has 0 saturated carbocycles. The van der Waals surface area contributed by atoms with Gasteiger partial charge in [-0.1, -0.05) is 12.5 Å². The average molecular weight is 261 g/mol. The molecule has 1 aromatic heterocycles. The molecule has 2 N–H and O–H groups in total. The van der Waals surface area contributed by atoms with Crippen LogP contribution in [-0.4, -0.2) is 29.2 Å². The quantitative estimate of drug-likeness (QED) is 0.653. The first kappa shape index (κ1) is 14.0. The van der Waals surface area contributed by atoms with Gasteiger partial charge in [0.2, 0.25) is 5.88 Å². The van der Waals surface area contributed by atoms with E-state index in [-0.39, 0.29) is 0 Å². The first-order valence-electron chi connectivity index (χ1n) is 7.00. The Morgan fingerprint density at radius 3 is 2.95 bits per heavy atom. The Labute approximate surface area is 115 Å². The Bertz CT molecular complexity index is 414. The van der Waals surface area contributed by atoms with Crippen molar-refractivity contribution >= 4 is 0 Å². The van der Waals surface area contributed by atoms with E-state index in [1.54, 1.807) is 12.3 Å². The largest absolute Gasteiger partial charge is 0.455 e. The number of allylic oxidation sites excluding steroid dienone is 1. The molecule has 2 rings (SSSR count). The van der Waals surface area contributed by atoms with Crippen molar-refractivity contribution in [3.63, 3.8) is 0 Å². The van der Waals surface area contributed by atoms with Crippen molar-refractivity contribution in [3.8, 4) is 5.88 Å². The van der Waals surface area contributed by atoms with Gasteiger partial charge in [-0.25, -0.2) is 4.98 Å². The van der Waals surface area contributed by atoms with Gasteiger partial charge < -0.3 is 4.74 Å². The van der Waals surface area contributed by atoms with Gasteiger partial charge in [0.1, 0.15) is 0 Å². The van der Waals surface area contributed by atoms with Crippen LogP contribution in [0.15, 0.2) is 30.5 Å². The van der Waals surface area contributed by atoms with E-state index >= 15 is 0 Å². The second-order valence-electron chi connectivity index (χ2n) is 4.95. The van der Waals surface area contributed by atoms with Crippen LogP contribution in [-0.2, 0) is 6.54 Å². The van der Waals surface area contributed by atoms with Crippen LogP contribution in [0.4, 0.5) is 0 Å². The molecule has 0 aliphatic carbocycles. The summed E-state index contributed by atoms with van der Waals surface area (Å²) in [6, 6.07) is 4.03. The third-order valence-corrected chi connectivity index (χ3v) is 3.29. The molecule has 2 heterocycles. The lowest BCUT2D eigenvalue weighted by molar-refractivity contribution is 0.219. The zero-order valence-corrected chi connectivity index (χ0v) is 11.6. The van der Waals surface area contributed by atoms with Crippen LogP contribution < -0.4 is 10.5 Å². The molecule has 0 aromatic carbocycles. The molecule has 1 aliphatic rings. The normalized spacial score (nSPS) is 18.6. The number of pyridine rings is 1. The van der Waals surface area contributed by atoms with Gasteiger partial charge in [0.15, 0.2) is 6.23 Å². The Hall–Kier alpha value is -1.39. The number of piperidine rings is 1. The fourth-order valence-electron chi connectivity index (χ4n) is 2.36. The predicted molar refractivity (Wildman–Crippen MR) is 76.8 cm³/mol. The lowest BCUT2D eigenvalue weighted by Gasteiger charge is -2.26. The summed E-state index contributed by atoms with van der Waals surface area (Å²) in [5, 5.41) is 0. The summed E-state index contributed by atoms with van der Waals surface area (Å²) in [4.78, 5) is 6.68. The van der Waals surface area contributed by atoms with Gasteiger partial charge in [0, 0.05) is 18.8 Å². The van der Waals surface area contributed by atoms with Gasteiger partial charge >= 0.3 is 0 Å². The van der Waals surface area contributed by atoms with Crippen LogP contribution >= 0.6 is 0 Å². The zero-order chi connectivity index (χ0) is 13.5. The van der Waals surface area contributed by atoms with Crippen molar-refractivity contribution in [1.29, 1.82) is 0 Å². The minimum Gasteiger partial charge on any atom is -0.455 e. The number of hydrogen-bond donors (Lipinski definition) is 1. The topological polar surface area (TPSA) is 51.4 Å². The SMILES string of the molecule is C/C=C\C(N)Oc1cc(CN2CCCCC2)ccn1. The van der Waals surface area contributed by atoms with Crippen molar-refractivity contribution in [3.05, 3.63) is 36.0 Å². The van der Waals surface area contributed by atoms with Crippen LogP contribution in [0.5, 0.6) is 5.88 Å². The fraction of sp³-hybridized carbons (Fsp3) is 0.533. The summed E-state index contributed by atoms with van der Waals surface area (Å²) in [7, 11) is 0. The Morgan fingerprint density at radius 1 is 1.42 bits per heavy atom. The summed E-state index contributed by atoms with van der Waals surface area (Å²) in [6.45, 7) is 5.27. The Morgan fingerprint density at radius 2 is 2.21 bits per heavy atom. The smallest absolute Gasteiger partial charge is 0.215 e. The highest BCUT2D eigenvalue weighted by atomic mass is 16.5. The summed E-state index contributed by atoms with van der Waals surface area (Å²) in [5.41, 5.74) is 7.03. The van der Waals surface area contributed by atoms with Crippen LogP contribution in [0, 0.1) is 0 Å². The molecule has 0 amide bonds. The Balaban J connectivity index is 1.94.